The SMILES string of the molecule is CN(C)c1ccc(C(=O)OCC(=O)Nc2cccc(S(N)(=O)=O)c2)cc1. The maximum Gasteiger partial charge on any atom is 0.338 e. The van der Waals surface area contributed by atoms with E-state index in [4.69, 9.17) is 9.88 Å². The van der Waals surface area contributed by atoms with Gasteiger partial charge in [-0.05, 0) is 42.5 Å². The summed E-state index contributed by atoms with van der Waals surface area (Å²) in [5.41, 5.74) is 1.47. The lowest BCUT2D eigenvalue weighted by molar-refractivity contribution is -0.119. The largest absolute Gasteiger partial charge is 0.452 e. The minimum Gasteiger partial charge on any atom is -0.452 e. The van der Waals surface area contributed by atoms with Crippen LogP contribution in [0.1, 0.15) is 10.4 Å². The van der Waals surface area contributed by atoms with Crippen molar-refractivity contribution in [1.82, 2.24) is 0 Å². The third-order valence-corrected chi connectivity index (χ3v) is 4.31. The first kappa shape index (κ1) is 19.4. The number of hydrogen-bond acceptors (Lipinski definition) is 6. The molecule has 0 fully saturated rings. The number of hydrogen-bond donors (Lipinski definition) is 2. The van der Waals surface area contributed by atoms with E-state index in [-0.39, 0.29) is 10.6 Å². The molecule has 0 radical (unpaired) electrons. The number of ether oxygens (including phenoxy) is 1. The van der Waals surface area contributed by atoms with E-state index in [1.165, 1.54) is 24.3 Å². The Morgan fingerprint density at radius 3 is 2.35 bits per heavy atom. The Bertz CT molecular complexity index is 908. The molecule has 0 aliphatic rings. The summed E-state index contributed by atoms with van der Waals surface area (Å²) in [6, 6.07) is 12.2. The summed E-state index contributed by atoms with van der Waals surface area (Å²) in [6.07, 6.45) is 0. The highest BCUT2D eigenvalue weighted by atomic mass is 32.2. The Hall–Kier alpha value is -2.91. The van der Waals surface area contributed by atoms with Crippen LogP contribution >= 0.6 is 0 Å². The predicted octanol–water partition coefficient (Wildman–Crippen LogP) is 1.20. The molecule has 2 aromatic carbocycles. The maximum absolute atomic E-state index is 12.0. The van der Waals surface area contributed by atoms with Crippen LogP contribution in [0.25, 0.3) is 0 Å². The highest BCUT2D eigenvalue weighted by molar-refractivity contribution is 7.89. The van der Waals surface area contributed by atoms with Crippen LogP contribution in [0.4, 0.5) is 11.4 Å². The van der Waals surface area contributed by atoms with Crippen molar-refractivity contribution in [2.24, 2.45) is 5.14 Å². The summed E-state index contributed by atoms with van der Waals surface area (Å²) < 4.78 is 27.6. The van der Waals surface area contributed by atoms with Gasteiger partial charge in [0.15, 0.2) is 6.61 Å². The van der Waals surface area contributed by atoms with Gasteiger partial charge in [-0.1, -0.05) is 6.07 Å². The summed E-state index contributed by atoms with van der Waals surface area (Å²) in [7, 11) is -0.118. The van der Waals surface area contributed by atoms with Crippen molar-refractivity contribution < 1.29 is 22.7 Å². The van der Waals surface area contributed by atoms with Crippen LogP contribution in [0, 0.1) is 0 Å². The molecule has 0 atom stereocenters. The molecule has 1 amide bonds. The normalized spacial score (nSPS) is 10.9. The van der Waals surface area contributed by atoms with E-state index in [1.54, 1.807) is 24.3 Å². The van der Waals surface area contributed by atoms with Crippen LogP contribution in [-0.4, -0.2) is 41.0 Å². The van der Waals surface area contributed by atoms with Gasteiger partial charge in [-0.15, -0.1) is 0 Å². The van der Waals surface area contributed by atoms with Crippen LogP contribution < -0.4 is 15.4 Å². The summed E-state index contributed by atoms with van der Waals surface area (Å²) >= 11 is 0. The molecular formula is C17H19N3O5S. The van der Waals surface area contributed by atoms with E-state index in [2.05, 4.69) is 5.32 Å². The lowest BCUT2D eigenvalue weighted by Gasteiger charge is -2.12. The Labute approximate surface area is 151 Å². The third kappa shape index (κ3) is 5.30. The van der Waals surface area contributed by atoms with Gasteiger partial charge in [0.2, 0.25) is 10.0 Å². The Morgan fingerprint density at radius 2 is 1.77 bits per heavy atom. The maximum atomic E-state index is 12.0. The van der Waals surface area contributed by atoms with Gasteiger partial charge in [0.25, 0.3) is 5.91 Å². The molecule has 0 heterocycles. The molecule has 138 valence electrons. The van der Waals surface area contributed by atoms with E-state index in [0.717, 1.165) is 5.69 Å². The molecule has 0 aliphatic carbocycles. The van der Waals surface area contributed by atoms with Gasteiger partial charge in [-0.2, -0.15) is 0 Å². The molecule has 0 bridgehead atoms. The van der Waals surface area contributed by atoms with Crippen molar-refractivity contribution in [1.29, 1.82) is 0 Å². The Balaban J connectivity index is 1.93. The molecule has 8 nitrogen and oxygen atoms in total. The zero-order valence-corrected chi connectivity index (χ0v) is 15.1. The first-order valence-corrected chi connectivity index (χ1v) is 9.08. The second-order valence-electron chi connectivity index (χ2n) is 5.64. The topological polar surface area (TPSA) is 119 Å². The molecule has 0 aromatic heterocycles. The highest BCUT2D eigenvalue weighted by Crippen LogP contribution is 2.15. The van der Waals surface area contributed by atoms with Gasteiger partial charge in [0, 0.05) is 25.5 Å². The number of anilines is 2. The van der Waals surface area contributed by atoms with Crippen molar-refractivity contribution in [2.45, 2.75) is 4.90 Å². The summed E-state index contributed by atoms with van der Waals surface area (Å²) in [5.74, 6) is -1.24. The molecule has 0 saturated heterocycles. The summed E-state index contributed by atoms with van der Waals surface area (Å²) in [4.78, 5) is 25.6. The van der Waals surface area contributed by atoms with Crippen molar-refractivity contribution in [3.8, 4) is 0 Å². The van der Waals surface area contributed by atoms with E-state index >= 15 is 0 Å². The van der Waals surface area contributed by atoms with Gasteiger partial charge in [-0.3, -0.25) is 4.79 Å². The fourth-order valence-electron chi connectivity index (χ4n) is 2.06. The number of nitrogens with one attached hydrogen (secondary N) is 1. The lowest BCUT2D eigenvalue weighted by Crippen LogP contribution is -2.21. The molecule has 0 spiro atoms. The standard InChI is InChI=1S/C17H19N3O5S/c1-20(2)14-8-6-12(7-9-14)17(22)25-11-16(21)19-13-4-3-5-15(10-13)26(18,23)24/h3-10H,11H2,1-2H3,(H,19,21)(H2,18,23,24). The molecule has 2 aromatic rings. The highest BCUT2D eigenvalue weighted by Gasteiger charge is 2.12. The zero-order chi connectivity index (χ0) is 19.3. The monoisotopic (exact) mass is 377 g/mol. The number of nitrogens with two attached hydrogens (primary N) is 1. The Morgan fingerprint density at radius 1 is 1.12 bits per heavy atom. The van der Waals surface area contributed by atoms with Gasteiger partial charge in [0.1, 0.15) is 0 Å². The first-order chi connectivity index (χ1) is 12.2. The van der Waals surface area contributed by atoms with E-state index in [9.17, 15) is 18.0 Å². The lowest BCUT2D eigenvalue weighted by atomic mass is 10.2. The van der Waals surface area contributed by atoms with Gasteiger partial charge in [0.05, 0.1) is 10.5 Å². The number of rotatable bonds is 6. The fourth-order valence-corrected chi connectivity index (χ4v) is 2.62. The fraction of sp³-hybridized carbons (Fsp3) is 0.176. The quantitative estimate of drug-likeness (QED) is 0.730. The average Bonchev–Trinajstić information content (AvgIpc) is 2.59. The predicted molar refractivity (Wildman–Crippen MR) is 97.5 cm³/mol. The summed E-state index contributed by atoms with van der Waals surface area (Å²) in [5, 5.41) is 7.48. The van der Waals surface area contributed by atoms with Gasteiger partial charge >= 0.3 is 5.97 Å². The smallest absolute Gasteiger partial charge is 0.338 e. The molecule has 2 rings (SSSR count). The average molecular weight is 377 g/mol. The van der Waals surface area contributed by atoms with Crippen molar-refractivity contribution in [3.05, 3.63) is 54.1 Å². The number of sulfonamides is 1. The third-order valence-electron chi connectivity index (χ3n) is 3.40. The van der Waals surface area contributed by atoms with Crippen LogP contribution in [0.15, 0.2) is 53.4 Å². The van der Waals surface area contributed by atoms with E-state index < -0.39 is 28.5 Å². The number of primary sulfonamides is 1. The number of carbonyl (C=O) groups is 2. The van der Waals surface area contributed by atoms with Crippen LogP contribution in [0.5, 0.6) is 0 Å². The van der Waals surface area contributed by atoms with Crippen LogP contribution in [0.2, 0.25) is 0 Å². The minimum absolute atomic E-state index is 0.131. The van der Waals surface area contributed by atoms with E-state index in [1.807, 2.05) is 19.0 Å². The van der Waals surface area contributed by atoms with E-state index in [0.29, 0.717) is 5.56 Å². The number of nitrogens with zero attached hydrogens (tertiary/aromatic N) is 1. The van der Waals surface area contributed by atoms with Crippen LogP contribution in [0.3, 0.4) is 0 Å². The number of benzene rings is 2. The van der Waals surface area contributed by atoms with Gasteiger partial charge < -0.3 is 15.0 Å². The van der Waals surface area contributed by atoms with Gasteiger partial charge in [-0.25, -0.2) is 18.4 Å². The van der Waals surface area contributed by atoms with Crippen molar-refractivity contribution >= 4 is 33.3 Å². The minimum atomic E-state index is -3.87. The second kappa shape index (κ2) is 7.98. The molecule has 26 heavy (non-hydrogen) atoms. The van der Waals surface area contributed by atoms with Crippen molar-refractivity contribution in [2.75, 3.05) is 30.9 Å². The molecule has 0 saturated carbocycles. The molecule has 3 N–H and O–H groups in total. The number of carbonyl (C=O) groups excluding carboxylic acids is 2. The number of amides is 1. The van der Waals surface area contributed by atoms with Crippen molar-refractivity contribution in [3.63, 3.8) is 0 Å². The second-order valence-corrected chi connectivity index (χ2v) is 7.20. The molecule has 0 unspecified atom stereocenters. The molecule has 9 heteroatoms. The van der Waals surface area contributed by atoms with Crippen LogP contribution in [-0.2, 0) is 19.6 Å². The number of esters is 1. The first-order valence-electron chi connectivity index (χ1n) is 7.54. The summed E-state index contributed by atoms with van der Waals surface area (Å²) in [6.45, 7) is -0.506. The zero-order valence-electron chi connectivity index (χ0n) is 14.3. The molecule has 0 aliphatic heterocycles. The molecular weight excluding hydrogens is 358 g/mol. The Kier molecular flexibility index (Phi) is 5.96.